The molecule has 4 heteroatoms. The van der Waals surface area contributed by atoms with Gasteiger partial charge in [0.25, 0.3) is 5.91 Å². The molecule has 2 heterocycles. The summed E-state index contributed by atoms with van der Waals surface area (Å²) in [6, 6.07) is 14.9. The lowest BCUT2D eigenvalue weighted by Crippen LogP contribution is -2.26. The maximum Gasteiger partial charge on any atom is 0.252 e. The normalized spacial score (nSPS) is 16.7. The van der Waals surface area contributed by atoms with Crippen molar-refractivity contribution in [2.24, 2.45) is 0 Å². The van der Waals surface area contributed by atoms with Gasteiger partial charge in [-0.1, -0.05) is 56.5 Å². The van der Waals surface area contributed by atoms with Crippen LogP contribution >= 0.6 is 0 Å². The van der Waals surface area contributed by atoms with Gasteiger partial charge >= 0.3 is 0 Å². The minimum absolute atomic E-state index is 0.0263. The molecule has 1 atom stereocenters. The zero-order chi connectivity index (χ0) is 18.2. The summed E-state index contributed by atoms with van der Waals surface area (Å²) < 4.78 is 0. The third-order valence-corrected chi connectivity index (χ3v) is 5.06. The summed E-state index contributed by atoms with van der Waals surface area (Å²) in [6.07, 6.45) is 8.66. The van der Waals surface area contributed by atoms with Gasteiger partial charge in [0.05, 0.1) is 11.6 Å². The van der Waals surface area contributed by atoms with Crippen LogP contribution in [0.3, 0.4) is 0 Å². The molecular weight excluding hydrogens is 322 g/mol. The highest BCUT2D eigenvalue weighted by Gasteiger charge is 2.26. The first-order valence-corrected chi connectivity index (χ1v) is 9.85. The van der Waals surface area contributed by atoms with E-state index in [-0.39, 0.29) is 5.91 Å². The van der Waals surface area contributed by atoms with Gasteiger partial charge < -0.3 is 10.2 Å². The molecule has 1 unspecified atom stereocenters. The Balaban J connectivity index is 1.59. The van der Waals surface area contributed by atoms with Crippen LogP contribution in [-0.2, 0) is 0 Å². The highest BCUT2D eigenvalue weighted by molar-refractivity contribution is 5.94. The molecule has 1 aromatic carbocycles. The third-order valence-electron chi connectivity index (χ3n) is 5.06. The number of carbonyl (C=O) groups is 1. The van der Waals surface area contributed by atoms with Crippen molar-refractivity contribution in [1.29, 1.82) is 0 Å². The predicted octanol–water partition coefficient (Wildman–Crippen LogP) is 4.73. The van der Waals surface area contributed by atoms with Gasteiger partial charge in [-0.25, -0.2) is 4.98 Å². The average Bonchev–Trinajstić information content (AvgIpc) is 3.18. The van der Waals surface area contributed by atoms with Crippen LogP contribution in [0.4, 0.5) is 5.82 Å². The van der Waals surface area contributed by atoms with E-state index in [1.54, 1.807) is 6.20 Å². The Morgan fingerprint density at radius 2 is 2.00 bits per heavy atom. The van der Waals surface area contributed by atoms with Crippen molar-refractivity contribution >= 4 is 11.7 Å². The van der Waals surface area contributed by atoms with E-state index in [0.717, 1.165) is 31.7 Å². The zero-order valence-corrected chi connectivity index (χ0v) is 15.7. The van der Waals surface area contributed by atoms with Crippen molar-refractivity contribution < 1.29 is 4.79 Å². The number of anilines is 1. The smallest absolute Gasteiger partial charge is 0.252 e. The number of unbranched alkanes of at least 4 members (excludes halogenated alkanes) is 3. The van der Waals surface area contributed by atoms with Gasteiger partial charge in [0.2, 0.25) is 0 Å². The van der Waals surface area contributed by atoms with Crippen LogP contribution in [0.2, 0.25) is 0 Å². The van der Waals surface area contributed by atoms with Gasteiger partial charge in [0.15, 0.2) is 0 Å². The van der Waals surface area contributed by atoms with E-state index in [2.05, 4.69) is 52.5 Å². The number of nitrogens with zero attached hydrogens (tertiary/aromatic N) is 2. The number of pyridine rings is 1. The van der Waals surface area contributed by atoms with E-state index < -0.39 is 0 Å². The highest BCUT2D eigenvalue weighted by atomic mass is 16.1. The maximum absolute atomic E-state index is 12.2. The SMILES string of the molecule is CCCCCCNC(=O)c1ccc(N2CCCC2c2ccccc2)nc1. The van der Waals surface area contributed by atoms with E-state index in [0.29, 0.717) is 11.6 Å². The molecule has 2 aromatic rings. The molecule has 138 valence electrons. The van der Waals surface area contributed by atoms with Crippen LogP contribution in [0, 0.1) is 0 Å². The lowest BCUT2D eigenvalue weighted by Gasteiger charge is -2.26. The molecule has 1 aromatic heterocycles. The molecule has 0 spiro atoms. The number of benzene rings is 1. The lowest BCUT2D eigenvalue weighted by atomic mass is 10.0. The van der Waals surface area contributed by atoms with Gasteiger partial charge in [-0.3, -0.25) is 4.79 Å². The number of amides is 1. The minimum atomic E-state index is -0.0263. The highest BCUT2D eigenvalue weighted by Crippen LogP contribution is 2.34. The zero-order valence-electron chi connectivity index (χ0n) is 15.7. The van der Waals surface area contributed by atoms with Crippen LogP contribution in [-0.4, -0.2) is 24.0 Å². The molecule has 1 aliphatic rings. The van der Waals surface area contributed by atoms with Crippen molar-refractivity contribution in [3.05, 3.63) is 59.8 Å². The van der Waals surface area contributed by atoms with Crippen LogP contribution in [0.25, 0.3) is 0 Å². The van der Waals surface area contributed by atoms with Gasteiger partial charge in [-0.15, -0.1) is 0 Å². The van der Waals surface area contributed by atoms with Crippen LogP contribution in [0.1, 0.15) is 67.4 Å². The minimum Gasteiger partial charge on any atom is -0.352 e. The second-order valence-electron chi connectivity index (χ2n) is 6.98. The Labute approximate surface area is 156 Å². The summed E-state index contributed by atoms with van der Waals surface area (Å²) >= 11 is 0. The molecule has 0 aliphatic carbocycles. The number of carbonyl (C=O) groups excluding carboxylic acids is 1. The first-order chi connectivity index (χ1) is 12.8. The second kappa shape index (κ2) is 9.37. The van der Waals surface area contributed by atoms with Gasteiger partial charge in [-0.05, 0) is 37.0 Å². The average molecular weight is 351 g/mol. The molecular formula is C22H29N3O. The number of hydrogen-bond acceptors (Lipinski definition) is 3. The van der Waals surface area contributed by atoms with E-state index >= 15 is 0 Å². The first kappa shape index (κ1) is 18.4. The van der Waals surface area contributed by atoms with Gasteiger partial charge in [0, 0.05) is 19.3 Å². The quantitative estimate of drug-likeness (QED) is 0.699. The summed E-state index contributed by atoms with van der Waals surface area (Å²) in [4.78, 5) is 19.2. The summed E-state index contributed by atoms with van der Waals surface area (Å²) in [7, 11) is 0. The topological polar surface area (TPSA) is 45.2 Å². The van der Waals surface area contributed by atoms with Crippen molar-refractivity contribution in [3.8, 4) is 0 Å². The van der Waals surface area contributed by atoms with Crippen molar-refractivity contribution in [2.45, 2.75) is 51.5 Å². The largest absolute Gasteiger partial charge is 0.352 e. The first-order valence-electron chi connectivity index (χ1n) is 9.85. The van der Waals surface area contributed by atoms with Crippen molar-refractivity contribution in [3.63, 3.8) is 0 Å². The molecule has 1 amide bonds. The van der Waals surface area contributed by atoms with Crippen molar-refractivity contribution in [2.75, 3.05) is 18.0 Å². The Kier molecular flexibility index (Phi) is 6.64. The van der Waals surface area contributed by atoms with E-state index in [1.807, 2.05) is 12.1 Å². The van der Waals surface area contributed by atoms with Crippen LogP contribution in [0.5, 0.6) is 0 Å². The summed E-state index contributed by atoms with van der Waals surface area (Å²) in [5.74, 6) is 0.928. The number of hydrogen-bond donors (Lipinski definition) is 1. The predicted molar refractivity (Wildman–Crippen MR) is 106 cm³/mol. The fourth-order valence-electron chi connectivity index (χ4n) is 3.61. The molecule has 0 radical (unpaired) electrons. The maximum atomic E-state index is 12.2. The van der Waals surface area contributed by atoms with Crippen LogP contribution < -0.4 is 10.2 Å². The molecule has 0 bridgehead atoms. The van der Waals surface area contributed by atoms with E-state index in [9.17, 15) is 4.79 Å². The van der Waals surface area contributed by atoms with E-state index in [4.69, 9.17) is 0 Å². The molecule has 1 fully saturated rings. The standard InChI is InChI=1S/C22H29N3O/c1-2-3-4-8-15-23-22(26)19-13-14-21(24-17-19)25-16-9-12-20(25)18-10-6-5-7-11-18/h5-7,10-11,13-14,17,20H,2-4,8-9,12,15-16H2,1H3,(H,23,26). The molecule has 1 aliphatic heterocycles. The van der Waals surface area contributed by atoms with Gasteiger partial charge in [-0.2, -0.15) is 0 Å². The molecule has 0 saturated carbocycles. The van der Waals surface area contributed by atoms with Crippen molar-refractivity contribution in [1.82, 2.24) is 10.3 Å². The third kappa shape index (κ3) is 4.63. The summed E-state index contributed by atoms with van der Waals surface area (Å²) in [5, 5.41) is 2.99. The molecule has 3 rings (SSSR count). The summed E-state index contributed by atoms with van der Waals surface area (Å²) in [5.41, 5.74) is 1.97. The molecule has 1 saturated heterocycles. The summed E-state index contributed by atoms with van der Waals surface area (Å²) in [6.45, 7) is 3.94. The fraction of sp³-hybridized carbons (Fsp3) is 0.455. The monoisotopic (exact) mass is 351 g/mol. The van der Waals surface area contributed by atoms with Gasteiger partial charge in [0.1, 0.15) is 5.82 Å². The lowest BCUT2D eigenvalue weighted by molar-refractivity contribution is 0.0952. The Morgan fingerprint density at radius 3 is 2.73 bits per heavy atom. The molecule has 4 nitrogen and oxygen atoms in total. The Morgan fingerprint density at radius 1 is 1.15 bits per heavy atom. The van der Waals surface area contributed by atoms with E-state index in [1.165, 1.54) is 31.2 Å². The number of nitrogens with one attached hydrogen (secondary N) is 1. The molecule has 26 heavy (non-hydrogen) atoms. The second-order valence-corrected chi connectivity index (χ2v) is 6.98. The number of rotatable bonds is 8. The van der Waals surface area contributed by atoms with Crippen LogP contribution in [0.15, 0.2) is 48.7 Å². The Bertz CT molecular complexity index is 684. The molecule has 1 N–H and O–H groups in total. The number of aromatic nitrogens is 1. The Hall–Kier alpha value is -2.36. The fourth-order valence-corrected chi connectivity index (χ4v) is 3.61.